The number of carbonyl (C=O) groups is 2. The fourth-order valence-corrected chi connectivity index (χ4v) is 1.69. The van der Waals surface area contributed by atoms with E-state index in [9.17, 15) is 9.59 Å². The van der Waals surface area contributed by atoms with E-state index in [0.29, 0.717) is 32.8 Å². The van der Waals surface area contributed by atoms with Gasteiger partial charge >= 0.3 is 11.9 Å². The first-order valence-electron chi connectivity index (χ1n) is 6.92. The van der Waals surface area contributed by atoms with E-state index in [0.717, 1.165) is 13.0 Å². The fourth-order valence-electron chi connectivity index (χ4n) is 1.43. The van der Waals surface area contributed by atoms with Crippen molar-refractivity contribution in [1.82, 2.24) is 4.90 Å². The summed E-state index contributed by atoms with van der Waals surface area (Å²) in [6.07, 6.45) is 0.839. The molecule has 2 atom stereocenters. The highest BCUT2D eigenvalue weighted by atomic mass is 79.9. The lowest BCUT2D eigenvalue weighted by molar-refractivity contribution is -0.143. The molecule has 0 aromatic heterocycles. The average Bonchev–Trinajstić information content (AvgIpc) is 2.43. The molecule has 124 valence electrons. The molecular formula is C13H24Br2N2O4. The van der Waals surface area contributed by atoms with Crippen molar-refractivity contribution in [2.45, 2.75) is 29.9 Å². The number of esters is 2. The normalized spacial score (nSPS) is 13.8. The van der Waals surface area contributed by atoms with E-state index in [1.807, 2.05) is 0 Å². The van der Waals surface area contributed by atoms with Crippen molar-refractivity contribution >= 4 is 43.8 Å². The van der Waals surface area contributed by atoms with Crippen LogP contribution >= 0.6 is 31.9 Å². The van der Waals surface area contributed by atoms with E-state index >= 15 is 0 Å². The van der Waals surface area contributed by atoms with Crippen molar-refractivity contribution < 1.29 is 19.1 Å². The first-order chi connectivity index (χ1) is 9.88. The number of nitrogens with zero attached hydrogens (tertiary/aromatic N) is 1. The van der Waals surface area contributed by atoms with Gasteiger partial charge in [0.15, 0.2) is 0 Å². The second-order valence-electron chi connectivity index (χ2n) is 4.55. The molecule has 21 heavy (non-hydrogen) atoms. The number of nitrogens with two attached hydrogens (primary N) is 1. The maximum atomic E-state index is 11.3. The predicted octanol–water partition coefficient (Wildman–Crippen LogP) is 1.29. The number of alkyl halides is 2. The largest absolute Gasteiger partial charge is 0.463 e. The average molecular weight is 432 g/mol. The van der Waals surface area contributed by atoms with Crippen LogP contribution in [-0.2, 0) is 19.1 Å². The van der Waals surface area contributed by atoms with Gasteiger partial charge in [0.05, 0.1) is 0 Å². The Balaban J connectivity index is 4.02. The van der Waals surface area contributed by atoms with Crippen LogP contribution in [0.4, 0.5) is 0 Å². The van der Waals surface area contributed by atoms with Gasteiger partial charge in [-0.2, -0.15) is 0 Å². The third-order valence-electron chi connectivity index (χ3n) is 2.63. The van der Waals surface area contributed by atoms with E-state index in [2.05, 4.69) is 36.8 Å². The van der Waals surface area contributed by atoms with Crippen LogP contribution in [0.2, 0.25) is 0 Å². The van der Waals surface area contributed by atoms with Crippen molar-refractivity contribution in [1.29, 1.82) is 0 Å². The maximum Gasteiger partial charge on any atom is 0.319 e. The van der Waals surface area contributed by atoms with Crippen LogP contribution in [0, 0.1) is 0 Å². The zero-order chi connectivity index (χ0) is 16.3. The van der Waals surface area contributed by atoms with Crippen LogP contribution in [0.15, 0.2) is 0 Å². The van der Waals surface area contributed by atoms with Crippen LogP contribution < -0.4 is 5.73 Å². The molecule has 8 heteroatoms. The molecule has 0 bridgehead atoms. The van der Waals surface area contributed by atoms with E-state index in [1.165, 1.54) is 0 Å². The summed E-state index contributed by atoms with van der Waals surface area (Å²) in [6, 6.07) is 0. The number of hydrogen-bond donors (Lipinski definition) is 1. The van der Waals surface area contributed by atoms with E-state index in [-0.39, 0.29) is 21.6 Å². The Labute approximate surface area is 143 Å². The van der Waals surface area contributed by atoms with Crippen LogP contribution in [0.5, 0.6) is 0 Å². The van der Waals surface area contributed by atoms with Gasteiger partial charge in [-0.1, -0.05) is 31.9 Å². The molecule has 0 aliphatic rings. The third-order valence-corrected chi connectivity index (χ3v) is 3.38. The summed E-state index contributed by atoms with van der Waals surface area (Å²) in [6.45, 7) is 6.60. The monoisotopic (exact) mass is 430 g/mol. The molecule has 0 radical (unpaired) electrons. The standard InChI is InChI=1S/C13H24Br2N2O4/c1-10(14)12(18)20-8-6-17(5-3-4-16)7-9-21-13(19)11(2)15/h10-11H,3-9,16H2,1-2H3. The quantitative estimate of drug-likeness (QED) is 0.392. The van der Waals surface area contributed by atoms with Crippen LogP contribution in [0.25, 0.3) is 0 Å². The molecule has 2 N–H and O–H groups in total. The SMILES string of the molecule is CC(Br)C(=O)OCCN(CCCN)CCOC(=O)C(C)Br. The predicted molar refractivity (Wildman–Crippen MR) is 88.8 cm³/mol. The second-order valence-corrected chi connectivity index (χ2v) is 7.30. The molecule has 2 unspecified atom stereocenters. The fraction of sp³-hybridized carbons (Fsp3) is 0.846. The van der Waals surface area contributed by atoms with Crippen molar-refractivity contribution in [3.8, 4) is 0 Å². The molecule has 0 spiro atoms. The lowest BCUT2D eigenvalue weighted by Crippen LogP contribution is -2.34. The molecule has 0 aromatic rings. The number of ether oxygens (including phenoxy) is 2. The van der Waals surface area contributed by atoms with Crippen molar-refractivity contribution in [3.63, 3.8) is 0 Å². The van der Waals surface area contributed by atoms with E-state index in [4.69, 9.17) is 15.2 Å². The number of carbonyl (C=O) groups excluding carboxylic acids is 2. The van der Waals surface area contributed by atoms with Gasteiger partial charge in [0.25, 0.3) is 0 Å². The van der Waals surface area contributed by atoms with Gasteiger partial charge in [0, 0.05) is 13.1 Å². The van der Waals surface area contributed by atoms with Gasteiger partial charge < -0.3 is 15.2 Å². The lowest BCUT2D eigenvalue weighted by Gasteiger charge is -2.22. The molecule has 0 saturated carbocycles. The summed E-state index contributed by atoms with van der Waals surface area (Å²) in [7, 11) is 0. The summed E-state index contributed by atoms with van der Waals surface area (Å²) in [4.78, 5) is 24.1. The van der Waals surface area contributed by atoms with E-state index < -0.39 is 0 Å². The van der Waals surface area contributed by atoms with Gasteiger partial charge in [0.1, 0.15) is 22.9 Å². The summed E-state index contributed by atoms with van der Waals surface area (Å²) in [5.41, 5.74) is 5.50. The Hall–Kier alpha value is -0.180. The minimum Gasteiger partial charge on any atom is -0.463 e. The number of rotatable bonds is 11. The Morgan fingerprint density at radius 3 is 1.76 bits per heavy atom. The zero-order valence-electron chi connectivity index (χ0n) is 12.5. The smallest absolute Gasteiger partial charge is 0.319 e. The van der Waals surface area contributed by atoms with Crippen LogP contribution in [0.1, 0.15) is 20.3 Å². The van der Waals surface area contributed by atoms with Crippen molar-refractivity contribution in [2.24, 2.45) is 5.73 Å². The molecule has 0 amide bonds. The van der Waals surface area contributed by atoms with Gasteiger partial charge in [-0.15, -0.1) is 0 Å². The van der Waals surface area contributed by atoms with Gasteiger partial charge in [-0.3, -0.25) is 14.5 Å². The Morgan fingerprint density at radius 2 is 1.43 bits per heavy atom. The van der Waals surface area contributed by atoms with Gasteiger partial charge in [-0.25, -0.2) is 0 Å². The topological polar surface area (TPSA) is 81.9 Å². The Morgan fingerprint density at radius 1 is 1.00 bits per heavy atom. The summed E-state index contributed by atoms with van der Waals surface area (Å²) >= 11 is 6.31. The van der Waals surface area contributed by atoms with Crippen molar-refractivity contribution in [3.05, 3.63) is 0 Å². The first-order valence-corrected chi connectivity index (χ1v) is 8.75. The minimum atomic E-state index is -0.309. The van der Waals surface area contributed by atoms with E-state index in [1.54, 1.807) is 13.8 Å². The molecule has 0 rings (SSSR count). The second kappa shape index (κ2) is 12.4. The van der Waals surface area contributed by atoms with Crippen LogP contribution in [0.3, 0.4) is 0 Å². The number of halogens is 2. The molecule has 0 aliphatic carbocycles. The van der Waals surface area contributed by atoms with Gasteiger partial charge in [0.2, 0.25) is 0 Å². The van der Waals surface area contributed by atoms with Gasteiger partial charge in [-0.05, 0) is 33.4 Å². The molecule has 0 saturated heterocycles. The zero-order valence-corrected chi connectivity index (χ0v) is 15.7. The highest BCUT2D eigenvalue weighted by Gasteiger charge is 2.13. The first kappa shape index (κ1) is 20.8. The highest BCUT2D eigenvalue weighted by molar-refractivity contribution is 9.10. The van der Waals surface area contributed by atoms with Crippen molar-refractivity contribution in [2.75, 3.05) is 39.4 Å². The highest BCUT2D eigenvalue weighted by Crippen LogP contribution is 2.02. The molecule has 0 aromatic carbocycles. The van der Waals surface area contributed by atoms with Crippen LogP contribution in [-0.4, -0.2) is 65.9 Å². The molecule has 0 aliphatic heterocycles. The molecular weight excluding hydrogens is 408 g/mol. The lowest BCUT2D eigenvalue weighted by atomic mass is 10.3. The summed E-state index contributed by atoms with van der Waals surface area (Å²) in [5.74, 6) is -0.568. The molecule has 6 nitrogen and oxygen atoms in total. The Bertz CT molecular complexity index is 289. The summed E-state index contributed by atoms with van der Waals surface area (Å²) in [5, 5.41) is 0. The summed E-state index contributed by atoms with van der Waals surface area (Å²) < 4.78 is 10.2. The number of hydrogen-bond acceptors (Lipinski definition) is 6. The minimum absolute atomic E-state index is 0.284. The maximum absolute atomic E-state index is 11.3. The molecule has 0 fully saturated rings. The third kappa shape index (κ3) is 11.1. The molecule has 0 heterocycles. The Kier molecular flexibility index (Phi) is 12.3.